The van der Waals surface area contributed by atoms with Gasteiger partial charge in [-0.05, 0) is 30.5 Å². The van der Waals surface area contributed by atoms with E-state index < -0.39 is 0 Å². The zero-order chi connectivity index (χ0) is 14.4. The van der Waals surface area contributed by atoms with Crippen molar-refractivity contribution in [3.8, 4) is 5.75 Å². The Morgan fingerprint density at radius 1 is 1.05 bits per heavy atom. The van der Waals surface area contributed by atoms with Gasteiger partial charge in [-0.3, -0.25) is 0 Å². The molecule has 0 unspecified atom stereocenters. The molecule has 0 saturated heterocycles. The van der Waals surface area contributed by atoms with Crippen molar-refractivity contribution in [2.24, 2.45) is 5.92 Å². The third kappa shape index (κ3) is 4.61. The van der Waals surface area contributed by atoms with E-state index >= 15 is 0 Å². The van der Waals surface area contributed by atoms with Gasteiger partial charge >= 0.3 is 0 Å². The van der Waals surface area contributed by atoms with E-state index in [0.29, 0.717) is 5.92 Å². The number of benzene rings is 2. The van der Waals surface area contributed by atoms with Gasteiger partial charge in [0.05, 0.1) is 6.61 Å². The molecule has 0 aromatic heterocycles. The summed E-state index contributed by atoms with van der Waals surface area (Å²) in [5.41, 5.74) is 3.67. The van der Waals surface area contributed by atoms with Crippen LogP contribution in [0.2, 0.25) is 0 Å². The molecule has 2 heteroatoms. The first-order valence-corrected chi connectivity index (χ1v) is 7.16. The van der Waals surface area contributed by atoms with E-state index in [2.05, 4.69) is 62.5 Å². The van der Waals surface area contributed by atoms with Crippen LogP contribution in [0.5, 0.6) is 5.75 Å². The number of ether oxygens (including phenoxy) is 1. The van der Waals surface area contributed by atoms with Gasteiger partial charge in [-0.15, -0.1) is 0 Å². The first kappa shape index (κ1) is 14.4. The summed E-state index contributed by atoms with van der Waals surface area (Å²) in [5, 5.41) is 3.44. The van der Waals surface area contributed by atoms with E-state index in [1.54, 1.807) is 0 Å². The minimum Gasteiger partial charge on any atom is -0.493 e. The maximum Gasteiger partial charge on any atom is 0.121 e. The lowest BCUT2D eigenvalue weighted by Crippen LogP contribution is -2.05. The molecule has 0 spiro atoms. The summed E-state index contributed by atoms with van der Waals surface area (Å²) in [6.07, 6.45) is 0. The van der Waals surface area contributed by atoms with Crippen molar-refractivity contribution in [1.29, 1.82) is 0 Å². The highest BCUT2D eigenvalue weighted by atomic mass is 16.5. The molecule has 0 bridgehead atoms. The quantitative estimate of drug-likeness (QED) is 0.824. The zero-order valence-corrected chi connectivity index (χ0v) is 12.5. The number of aryl methyl sites for hydroxylation is 1. The van der Waals surface area contributed by atoms with Crippen LogP contribution in [0.4, 0.5) is 5.69 Å². The van der Waals surface area contributed by atoms with E-state index in [4.69, 9.17) is 4.74 Å². The fraction of sp³-hybridized carbons (Fsp3) is 0.333. The largest absolute Gasteiger partial charge is 0.493 e. The average Bonchev–Trinajstić information content (AvgIpc) is 2.43. The first-order valence-electron chi connectivity index (χ1n) is 7.16. The predicted molar refractivity (Wildman–Crippen MR) is 85.3 cm³/mol. The minimum absolute atomic E-state index is 0.541. The monoisotopic (exact) mass is 269 g/mol. The third-order valence-corrected chi connectivity index (χ3v) is 3.00. The van der Waals surface area contributed by atoms with Gasteiger partial charge in [0.25, 0.3) is 0 Å². The molecule has 0 amide bonds. The van der Waals surface area contributed by atoms with E-state index in [0.717, 1.165) is 24.6 Å². The van der Waals surface area contributed by atoms with Crippen LogP contribution >= 0.6 is 0 Å². The van der Waals surface area contributed by atoms with Crippen molar-refractivity contribution < 1.29 is 4.74 Å². The minimum atomic E-state index is 0.541. The van der Waals surface area contributed by atoms with E-state index in [9.17, 15) is 0 Å². The summed E-state index contributed by atoms with van der Waals surface area (Å²) in [5.74, 6) is 1.46. The summed E-state index contributed by atoms with van der Waals surface area (Å²) < 4.78 is 5.74. The molecule has 0 aliphatic rings. The van der Waals surface area contributed by atoms with Crippen molar-refractivity contribution in [2.45, 2.75) is 27.3 Å². The molecule has 0 atom stereocenters. The maximum atomic E-state index is 5.74. The second kappa shape index (κ2) is 6.99. The molecule has 0 aliphatic heterocycles. The molecule has 0 heterocycles. The van der Waals surface area contributed by atoms with Gasteiger partial charge in [-0.25, -0.2) is 0 Å². The van der Waals surface area contributed by atoms with Crippen LogP contribution in [0.3, 0.4) is 0 Å². The maximum absolute atomic E-state index is 5.74. The predicted octanol–water partition coefficient (Wildman–Crippen LogP) is 4.64. The van der Waals surface area contributed by atoms with Crippen molar-refractivity contribution >= 4 is 5.69 Å². The van der Waals surface area contributed by atoms with Crippen LogP contribution < -0.4 is 10.1 Å². The number of rotatable bonds is 6. The molecule has 0 fully saturated rings. The van der Waals surface area contributed by atoms with Gasteiger partial charge in [-0.1, -0.05) is 49.7 Å². The lowest BCUT2D eigenvalue weighted by molar-refractivity contribution is 0.271. The molecule has 0 aliphatic carbocycles. The lowest BCUT2D eigenvalue weighted by atomic mass is 10.1. The van der Waals surface area contributed by atoms with E-state index in [-0.39, 0.29) is 0 Å². The Morgan fingerprint density at radius 3 is 2.60 bits per heavy atom. The summed E-state index contributed by atoms with van der Waals surface area (Å²) in [4.78, 5) is 0. The highest BCUT2D eigenvalue weighted by Gasteiger charge is 1.99. The first-order chi connectivity index (χ1) is 9.63. The Morgan fingerprint density at radius 2 is 1.85 bits per heavy atom. The molecule has 0 saturated carbocycles. The molecule has 106 valence electrons. The van der Waals surface area contributed by atoms with E-state index in [1.165, 1.54) is 11.1 Å². The van der Waals surface area contributed by atoms with Crippen LogP contribution in [0.15, 0.2) is 48.5 Å². The molecule has 2 rings (SSSR count). The zero-order valence-electron chi connectivity index (χ0n) is 12.5. The third-order valence-electron chi connectivity index (χ3n) is 3.00. The Balaban J connectivity index is 1.94. The molecular formula is C18H23NO. The Bertz CT molecular complexity index is 549. The van der Waals surface area contributed by atoms with Crippen LogP contribution in [0, 0.1) is 12.8 Å². The summed E-state index contributed by atoms with van der Waals surface area (Å²) >= 11 is 0. The summed E-state index contributed by atoms with van der Waals surface area (Å²) in [6.45, 7) is 8.00. The van der Waals surface area contributed by atoms with Crippen LogP contribution in [-0.2, 0) is 6.54 Å². The van der Waals surface area contributed by atoms with Crippen molar-refractivity contribution in [1.82, 2.24) is 0 Å². The number of anilines is 1. The molecule has 20 heavy (non-hydrogen) atoms. The van der Waals surface area contributed by atoms with E-state index in [1.807, 2.05) is 12.1 Å². The van der Waals surface area contributed by atoms with Crippen LogP contribution in [0.1, 0.15) is 25.0 Å². The number of hydrogen-bond donors (Lipinski definition) is 1. The second-order valence-corrected chi connectivity index (χ2v) is 5.58. The van der Waals surface area contributed by atoms with Gasteiger partial charge < -0.3 is 10.1 Å². The van der Waals surface area contributed by atoms with Crippen LogP contribution in [0.25, 0.3) is 0 Å². The fourth-order valence-corrected chi connectivity index (χ4v) is 1.98. The van der Waals surface area contributed by atoms with Crippen molar-refractivity contribution in [3.05, 3.63) is 59.7 Å². The summed E-state index contributed by atoms with van der Waals surface area (Å²) in [7, 11) is 0. The highest BCUT2D eigenvalue weighted by Crippen LogP contribution is 2.19. The Hall–Kier alpha value is -1.96. The summed E-state index contributed by atoms with van der Waals surface area (Å²) in [6, 6.07) is 16.7. The lowest BCUT2D eigenvalue weighted by Gasteiger charge is -2.11. The van der Waals surface area contributed by atoms with Crippen LogP contribution in [-0.4, -0.2) is 6.61 Å². The molecule has 2 nitrogen and oxygen atoms in total. The van der Waals surface area contributed by atoms with Gasteiger partial charge in [0.1, 0.15) is 5.75 Å². The van der Waals surface area contributed by atoms with Crippen molar-refractivity contribution in [2.75, 3.05) is 11.9 Å². The van der Waals surface area contributed by atoms with Crippen molar-refractivity contribution in [3.63, 3.8) is 0 Å². The second-order valence-electron chi connectivity index (χ2n) is 5.58. The SMILES string of the molecule is Cc1cccc(CNc2cccc(OCC(C)C)c2)c1. The molecular weight excluding hydrogens is 246 g/mol. The van der Waals surface area contributed by atoms with Gasteiger partial charge in [0.15, 0.2) is 0 Å². The Labute approximate surface area is 121 Å². The number of hydrogen-bond acceptors (Lipinski definition) is 2. The fourth-order valence-electron chi connectivity index (χ4n) is 1.98. The van der Waals surface area contributed by atoms with Gasteiger partial charge in [-0.2, -0.15) is 0 Å². The molecule has 0 radical (unpaired) electrons. The Kier molecular flexibility index (Phi) is 5.05. The highest BCUT2D eigenvalue weighted by molar-refractivity contribution is 5.48. The molecule has 2 aromatic rings. The normalized spacial score (nSPS) is 10.6. The molecule has 1 N–H and O–H groups in total. The van der Waals surface area contributed by atoms with Gasteiger partial charge in [0, 0.05) is 18.3 Å². The topological polar surface area (TPSA) is 21.3 Å². The standard InChI is InChI=1S/C18H23NO/c1-14(2)13-20-18-9-5-8-17(11-18)19-12-16-7-4-6-15(3)10-16/h4-11,14,19H,12-13H2,1-3H3. The number of nitrogens with one attached hydrogen (secondary N) is 1. The smallest absolute Gasteiger partial charge is 0.121 e. The van der Waals surface area contributed by atoms with Gasteiger partial charge in [0.2, 0.25) is 0 Å². The average molecular weight is 269 g/mol. The molecule has 2 aromatic carbocycles.